The first-order chi connectivity index (χ1) is 9.70. The average Bonchev–Trinajstić information content (AvgIpc) is 2.46. The molecule has 0 aromatic heterocycles. The molecule has 0 fully saturated rings. The fourth-order valence-corrected chi connectivity index (χ4v) is 1.88. The number of hydrogen-bond acceptors (Lipinski definition) is 3. The van der Waals surface area contributed by atoms with Gasteiger partial charge in [0.05, 0.1) is 12.7 Å². The largest absolute Gasteiger partial charge is 0.624 e. The number of benzene rings is 2. The van der Waals surface area contributed by atoms with E-state index in [-0.39, 0.29) is 0 Å². The minimum atomic E-state index is 0.421. The van der Waals surface area contributed by atoms with Gasteiger partial charge in [-0.15, -0.1) is 0 Å². The summed E-state index contributed by atoms with van der Waals surface area (Å²) in [5.74, 6) is 1.18. The van der Waals surface area contributed by atoms with Crippen LogP contribution < -0.4 is 9.47 Å². The summed E-state index contributed by atoms with van der Waals surface area (Å²) in [5, 5.41) is 11.2. The fraction of sp³-hybridized carbons (Fsp3) is 0.188. The molecule has 2 aromatic rings. The van der Waals surface area contributed by atoms with Crippen molar-refractivity contribution in [2.24, 2.45) is 0 Å². The highest BCUT2D eigenvalue weighted by Crippen LogP contribution is 2.30. The van der Waals surface area contributed by atoms with Crippen LogP contribution in [0.5, 0.6) is 11.5 Å². The number of hydrogen-bond donors (Lipinski definition) is 0. The molecule has 0 saturated heterocycles. The normalized spacial score (nSPS) is 11.2. The van der Waals surface area contributed by atoms with Gasteiger partial charge in [-0.3, -0.25) is 0 Å². The lowest BCUT2D eigenvalue weighted by Crippen LogP contribution is -2.04. The van der Waals surface area contributed by atoms with Gasteiger partial charge in [0, 0.05) is 0 Å². The van der Waals surface area contributed by atoms with Crippen LogP contribution in [0.4, 0.5) is 0 Å². The monoisotopic (exact) mass is 271 g/mol. The van der Waals surface area contributed by atoms with Crippen molar-refractivity contribution in [1.29, 1.82) is 0 Å². The topological polar surface area (TPSA) is 44.5 Å². The number of nitrogens with zero attached hydrogens (tertiary/aromatic N) is 1. The summed E-state index contributed by atoms with van der Waals surface area (Å²) in [6.45, 7) is 0.421. The molecule has 0 heterocycles. The van der Waals surface area contributed by atoms with E-state index >= 15 is 0 Å². The predicted molar refractivity (Wildman–Crippen MR) is 78.5 cm³/mol. The molecule has 20 heavy (non-hydrogen) atoms. The van der Waals surface area contributed by atoms with Gasteiger partial charge in [0.1, 0.15) is 13.7 Å². The highest BCUT2D eigenvalue weighted by molar-refractivity contribution is 5.81. The Bertz CT molecular complexity index is 590. The Labute approximate surface area is 118 Å². The molecule has 0 aliphatic heterocycles. The third-order valence-electron chi connectivity index (χ3n) is 2.78. The third-order valence-corrected chi connectivity index (χ3v) is 2.78. The van der Waals surface area contributed by atoms with Crippen molar-refractivity contribution < 1.29 is 14.2 Å². The minimum Gasteiger partial charge on any atom is -0.624 e. The molecule has 0 bridgehead atoms. The maximum atomic E-state index is 11.2. The predicted octanol–water partition coefficient (Wildman–Crippen LogP) is 2.83. The molecule has 0 aliphatic carbocycles. The molecule has 0 saturated carbocycles. The molecular formula is C16H17NO3. The zero-order valence-corrected chi connectivity index (χ0v) is 11.6. The van der Waals surface area contributed by atoms with Crippen molar-refractivity contribution in [3.8, 4) is 11.5 Å². The van der Waals surface area contributed by atoms with E-state index < -0.39 is 0 Å². The number of rotatable bonds is 5. The first-order valence-corrected chi connectivity index (χ1v) is 6.29. The van der Waals surface area contributed by atoms with Crippen molar-refractivity contribution in [1.82, 2.24) is 0 Å². The van der Waals surface area contributed by atoms with Crippen LogP contribution in [0.1, 0.15) is 11.1 Å². The van der Waals surface area contributed by atoms with Crippen LogP contribution in [0.2, 0.25) is 0 Å². The molecule has 4 heteroatoms. The van der Waals surface area contributed by atoms with Gasteiger partial charge in [-0.2, -0.15) is 0 Å². The summed E-state index contributed by atoms with van der Waals surface area (Å²) in [6, 6.07) is 15.3. The van der Waals surface area contributed by atoms with Crippen LogP contribution in [0.3, 0.4) is 0 Å². The van der Waals surface area contributed by atoms with E-state index in [1.807, 2.05) is 48.5 Å². The molecule has 0 radical (unpaired) electrons. The van der Waals surface area contributed by atoms with E-state index in [1.54, 1.807) is 7.11 Å². The first-order valence-electron chi connectivity index (χ1n) is 6.29. The smallest absolute Gasteiger partial charge is 0.185 e. The lowest BCUT2D eigenvalue weighted by atomic mass is 10.2. The lowest BCUT2D eigenvalue weighted by molar-refractivity contribution is -0.416. The van der Waals surface area contributed by atoms with Gasteiger partial charge in [-0.05, 0) is 17.7 Å². The second kappa shape index (κ2) is 6.61. The molecule has 4 nitrogen and oxygen atoms in total. The number of hydroxylamine groups is 1. The molecular weight excluding hydrogens is 254 g/mol. The Hall–Kier alpha value is -2.49. The molecule has 0 amide bonds. The summed E-state index contributed by atoms with van der Waals surface area (Å²) in [4.78, 5) is 0. The summed E-state index contributed by atoms with van der Waals surface area (Å²) in [6.07, 6.45) is 1.46. The van der Waals surface area contributed by atoms with Gasteiger partial charge < -0.3 is 14.7 Å². The number of methoxy groups -OCH3 is 1. The maximum absolute atomic E-state index is 11.2. The molecule has 0 aliphatic rings. The van der Waals surface area contributed by atoms with Crippen molar-refractivity contribution in [2.75, 3.05) is 14.2 Å². The summed E-state index contributed by atoms with van der Waals surface area (Å²) in [7, 11) is 3.01. The van der Waals surface area contributed by atoms with E-state index in [0.717, 1.165) is 10.3 Å². The van der Waals surface area contributed by atoms with Crippen LogP contribution in [0.25, 0.3) is 0 Å². The molecule has 0 N–H and O–H groups in total. The molecule has 0 spiro atoms. The Kier molecular flexibility index (Phi) is 4.60. The number of ether oxygens (including phenoxy) is 2. The molecule has 0 unspecified atom stereocenters. The van der Waals surface area contributed by atoms with Crippen molar-refractivity contribution in [3.05, 3.63) is 64.9 Å². The maximum Gasteiger partial charge on any atom is 0.185 e. The van der Waals surface area contributed by atoms with Crippen LogP contribution >= 0.6 is 0 Å². The van der Waals surface area contributed by atoms with Crippen molar-refractivity contribution in [2.45, 2.75) is 6.61 Å². The van der Waals surface area contributed by atoms with E-state index in [4.69, 9.17) is 9.47 Å². The van der Waals surface area contributed by atoms with Gasteiger partial charge in [-0.25, -0.2) is 4.74 Å². The van der Waals surface area contributed by atoms with Gasteiger partial charge in [0.15, 0.2) is 17.7 Å². The summed E-state index contributed by atoms with van der Waals surface area (Å²) < 4.78 is 11.9. The van der Waals surface area contributed by atoms with Gasteiger partial charge in [0.2, 0.25) is 0 Å². The lowest BCUT2D eigenvalue weighted by Gasteiger charge is -2.12. The quantitative estimate of drug-likeness (QED) is 0.363. The standard InChI is InChI=1S/C16H17NO3/c1-17(18)11-14-9-6-10-15(19-2)16(14)20-12-13-7-4-3-5-8-13/h3-11H,12H2,1-2H3. The third kappa shape index (κ3) is 3.51. The van der Waals surface area contributed by atoms with E-state index in [9.17, 15) is 5.21 Å². The molecule has 0 atom stereocenters. The van der Waals surface area contributed by atoms with Crippen molar-refractivity contribution >= 4 is 6.21 Å². The Morgan fingerprint density at radius 1 is 1.10 bits per heavy atom. The van der Waals surface area contributed by atoms with E-state index in [2.05, 4.69) is 0 Å². The van der Waals surface area contributed by atoms with Crippen LogP contribution in [0.15, 0.2) is 48.5 Å². The Balaban J connectivity index is 2.27. The minimum absolute atomic E-state index is 0.421. The van der Waals surface area contributed by atoms with Gasteiger partial charge in [0.25, 0.3) is 0 Å². The highest BCUT2D eigenvalue weighted by atomic mass is 16.5. The number of para-hydroxylation sites is 1. The van der Waals surface area contributed by atoms with Gasteiger partial charge >= 0.3 is 0 Å². The second-order valence-corrected chi connectivity index (χ2v) is 4.33. The average molecular weight is 271 g/mol. The molecule has 2 rings (SSSR count). The molecule has 2 aromatic carbocycles. The fourth-order valence-electron chi connectivity index (χ4n) is 1.88. The van der Waals surface area contributed by atoms with E-state index in [1.165, 1.54) is 13.3 Å². The zero-order chi connectivity index (χ0) is 14.4. The summed E-state index contributed by atoms with van der Waals surface area (Å²) in [5.41, 5.74) is 1.75. The van der Waals surface area contributed by atoms with Crippen molar-refractivity contribution in [3.63, 3.8) is 0 Å². The van der Waals surface area contributed by atoms with Crippen LogP contribution in [-0.4, -0.2) is 25.1 Å². The zero-order valence-electron chi connectivity index (χ0n) is 11.6. The molecule has 104 valence electrons. The van der Waals surface area contributed by atoms with E-state index in [0.29, 0.717) is 23.7 Å². The summed E-state index contributed by atoms with van der Waals surface area (Å²) >= 11 is 0. The van der Waals surface area contributed by atoms with Crippen LogP contribution in [-0.2, 0) is 6.61 Å². The van der Waals surface area contributed by atoms with Gasteiger partial charge in [-0.1, -0.05) is 36.4 Å². The first kappa shape index (κ1) is 13.9. The SMILES string of the molecule is COc1cccc(C=[N+](C)[O-])c1OCc1ccccc1. The Morgan fingerprint density at radius 2 is 1.85 bits per heavy atom. The van der Waals surface area contributed by atoms with Crippen LogP contribution in [0, 0.1) is 5.21 Å². The second-order valence-electron chi connectivity index (χ2n) is 4.33. The Morgan fingerprint density at radius 3 is 2.50 bits per heavy atom. The highest BCUT2D eigenvalue weighted by Gasteiger charge is 2.11.